The Bertz CT molecular complexity index is 509. The van der Waals surface area contributed by atoms with Gasteiger partial charge in [0.2, 0.25) is 0 Å². The lowest BCUT2D eigenvalue weighted by atomic mass is 9.99. The second kappa shape index (κ2) is 5.20. The number of hydrogen-bond acceptors (Lipinski definition) is 5. The zero-order valence-corrected chi connectivity index (χ0v) is 11.1. The number of aromatic nitrogens is 2. The van der Waals surface area contributed by atoms with Gasteiger partial charge < -0.3 is 10.3 Å². The van der Waals surface area contributed by atoms with Crippen LogP contribution in [0.1, 0.15) is 35.5 Å². The second-order valence-electron chi connectivity index (χ2n) is 4.67. The van der Waals surface area contributed by atoms with Gasteiger partial charge in [-0.15, -0.1) is 11.3 Å². The molecule has 2 heterocycles. The third-order valence-corrected chi connectivity index (χ3v) is 4.51. The molecule has 0 radical (unpaired) electrons. The van der Waals surface area contributed by atoms with Gasteiger partial charge in [-0.1, -0.05) is 5.16 Å². The minimum Gasteiger partial charge on any atom is -0.333 e. The zero-order valence-electron chi connectivity index (χ0n) is 10.3. The maximum Gasteiger partial charge on any atom is 0.268 e. The van der Waals surface area contributed by atoms with Gasteiger partial charge in [-0.2, -0.15) is 4.98 Å². The Morgan fingerprint density at radius 1 is 1.33 bits per heavy atom. The minimum atomic E-state index is 0.664. The summed E-state index contributed by atoms with van der Waals surface area (Å²) in [5, 5.41) is 4.00. The van der Waals surface area contributed by atoms with Crippen LogP contribution in [-0.4, -0.2) is 16.7 Å². The highest BCUT2D eigenvalue weighted by Crippen LogP contribution is 2.34. The fourth-order valence-corrected chi connectivity index (χ4v) is 3.49. The van der Waals surface area contributed by atoms with Crippen molar-refractivity contribution in [1.29, 1.82) is 0 Å². The fourth-order valence-electron chi connectivity index (χ4n) is 2.31. The van der Waals surface area contributed by atoms with Gasteiger partial charge in [0, 0.05) is 11.3 Å². The summed E-state index contributed by atoms with van der Waals surface area (Å²) in [7, 11) is 0. The molecule has 0 bridgehead atoms. The smallest absolute Gasteiger partial charge is 0.268 e. The van der Waals surface area contributed by atoms with Crippen LogP contribution in [0, 0.1) is 0 Å². The lowest BCUT2D eigenvalue weighted by molar-refractivity contribution is 0.422. The average Bonchev–Trinajstić information content (AvgIpc) is 3.02. The number of aryl methyl sites for hydroxylation is 3. The highest BCUT2D eigenvalue weighted by molar-refractivity contribution is 7.15. The Kier molecular flexibility index (Phi) is 3.43. The van der Waals surface area contributed by atoms with Crippen LogP contribution < -0.4 is 5.73 Å². The molecule has 4 nitrogen and oxygen atoms in total. The molecule has 96 valence electrons. The minimum absolute atomic E-state index is 0.664. The van der Waals surface area contributed by atoms with Crippen LogP contribution >= 0.6 is 11.3 Å². The third-order valence-electron chi connectivity index (χ3n) is 3.28. The molecule has 0 fully saturated rings. The standard InChI is InChI=1S/C13H17N3OS/c14-7-3-6-12-15-13(17-16-12)11-8-9-4-1-2-5-10(9)18-11/h8H,1-7,14H2. The summed E-state index contributed by atoms with van der Waals surface area (Å²) in [6.07, 6.45) is 6.70. The van der Waals surface area contributed by atoms with E-state index in [-0.39, 0.29) is 0 Å². The van der Waals surface area contributed by atoms with Crippen molar-refractivity contribution < 1.29 is 4.52 Å². The van der Waals surface area contributed by atoms with Crippen molar-refractivity contribution in [3.8, 4) is 10.8 Å². The molecule has 0 aromatic carbocycles. The summed E-state index contributed by atoms with van der Waals surface area (Å²) in [6.45, 7) is 0.664. The van der Waals surface area contributed by atoms with Gasteiger partial charge in [-0.05, 0) is 50.3 Å². The molecule has 3 rings (SSSR count). The quantitative estimate of drug-likeness (QED) is 0.920. The van der Waals surface area contributed by atoms with Crippen molar-refractivity contribution in [2.24, 2.45) is 5.73 Å². The number of hydrogen-bond donors (Lipinski definition) is 1. The third kappa shape index (κ3) is 2.33. The van der Waals surface area contributed by atoms with E-state index in [0.717, 1.165) is 23.5 Å². The van der Waals surface area contributed by atoms with Gasteiger partial charge in [0.05, 0.1) is 4.88 Å². The average molecular weight is 263 g/mol. The lowest BCUT2D eigenvalue weighted by Crippen LogP contribution is -2.01. The van der Waals surface area contributed by atoms with Crippen molar-refractivity contribution in [2.45, 2.75) is 38.5 Å². The van der Waals surface area contributed by atoms with E-state index in [1.807, 2.05) is 0 Å². The maximum atomic E-state index is 5.48. The first-order valence-corrected chi connectivity index (χ1v) is 7.33. The molecule has 2 aromatic heterocycles. The molecule has 0 saturated heterocycles. The summed E-state index contributed by atoms with van der Waals surface area (Å²) in [5.74, 6) is 1.43. The number of rotatable bonds is 4. The largest absolute Gasteiger partial charge is 0.333 e. The van der Waals surface area contributed by atoms with Gasteiger partial charge in [-0.3, -0.25) is 0 Å². The molecule has 5 heteroatoms. The molecular weight excluding hydrogens is 246 g/mol. The Balaban J connectivity index is 1.81. The Hall–Kier alpha value is -1.20. The number of nitrogens with two attached hydrogens (primary N) is 1. The molecular formula is C13H17N3OS. The Morgan fingerprint density at radius 2 is 2.22 bits per heavy atom. The number of thiophene rings is 1. The summed E-state index contributed by atoms with van der Waals surface area (Å²) in [5.41, 5.74) is 6.95. The predicted octanol–water partition coefficient (Wildman–Crippen LogP) is 2.57. The van der Waals surface area contributed by atoms with Crippen LogP contribution in [0.25, 0.3) is 10.8 Å². The molecule has 2 aromatic rings. The fraction of sp³-hybridized carbons (Fsp3) is 0.538. The van der Waals surface area contributed by atoms with Crippen LogP contribution in [0.15, 0.2) is 10.6 Å². The molecule has 0 unspecified atom stereocenters. The zero-order chi connectivity index (χ0) is 12.4. The van der Waals surface area contributed by atoms with Crippen LogP contribution in [0.2, 0.25) is 0 Å². The van der Waals surface area contributed by atoms with E-state index in [1.165, 1.54) is 36.1 Å². The normalized spacial score (nSPS) is 14.7. The van der Waals surface area contributed by atoms with Gasteiger partial charge >= 0.3 is 0 Å². The molecule has 1 aliphatic rings. The van der Waals surface area contributed by atoms with Gasteiger partial charge in [0.1, 0.15) is 0 Å². The molecule has 0 saturated carbocycles. The highest BCUT2D eigenvalue weighted by Gasteiger charge is 2.17. The van der Waals surface area contributed by atoms with E-state index in [9.17, 15) is 0 Å². The SMILES string of the molecule is NCCCc1noc(-c2cc3c(s2)CCCC3)n1. The molecule has 18 heavy (non-hydrogen) atoms. The topological polar surface area (TPSA) is 64.9 Å². The highest BCUT2D eigenvalue weighted by atomic mass is 32.1. The van der Waals surface area contributed by atoms with Gasteiger partial charge in [0.25, 0.3) is 5.89 Å². The Morgan fingerprint density at radius 3 is 3.06 bits per heavy atom. The van der Waals surface area contributed by atoms with Crippen molar-refractivity contribution >= 4 is 11.3 Å². The first-order chi connectivity index (χ1) is 8.86. The van der Waals surface area contributed by atoms with E-state index in [1.54, 1.807) is 11.3 Å². The summed E-state index contributed by atoms with van der Waals surface area (Å²) in [6, 6.07) is 2.22. The van der Waals surface area contributed by atoms with E-state index in [0.29, 0.717) is 12.4 Å². The molecule has 0 atom stereocenters. The van der Waals surface area contributed by atoms with E-state index in [2.05, 4.69) is 16.2 Å². The van der Waals surface area contributed by atoms with E-state index >= 15 is 0 Å². The van der Waals surface area contributed by atoms with Crippen LogP contribution in [0.3, 0.4) is 0 Å². The van der Waals surface area contributed by atoms with Crippen molar-refractivity contribution in [1.82, 2.24) is 10.1 Å². The van der Waals surface area contributed by atoms with Gasteiger partial charge in [-0.25, -0.2) is 0 Å². The second-order valence-corrected chi connectivity index (χ2v) is 5.81. The number of nitrogens with zero attached hydrogens (tertiary/aromatic N) is 2. The van der Waals surface area contributed by atoms with Crippen LogP contribution in [-0.2, 0) is 19.3 Å². The van der Waals surface area contributed by atoms with E-state index < -0.39 is 0 Å². The molecule has 2 N–H and O–H groups in total. The van der Waals surface area contributed by atoms with Crippen LogP contribution in [0.4, 0.5) is 0 Å². The molecule has 0 aliphatic heterocycles. The van der Waals surface area contributed by atoms with E-state index in [4.69, 9.17) is 10.3 Å². The first kappa shape index (κ1) is 11.9. The molecule has 0 amide bonds. The Labute approximate surface area is 110 Å². The van der Waals surface area contributed by atoms with Crippen molar-refractivity contribution in [3.05, 3.63) is 22.3 Å². The summed E-state index contributed by atoms with van der Waals surface area (Å²) >= 11 is 1.80. The summed E-state index contributed by atoms with van der Waals surface area (Å²) < 4.78 is 5.33. The maximum absolute atomic E-state index is 5.48. The van der Waals surface area contributed by atoms with Crippen molar-refractivity contribution in [3.63, 3.8) is 0 Å². The van der Waals surface area contributed by atoms with Gasteiger partial charge in [0.15, 0.2) is 5.82 Å². The first-order valence-electron chi connectivity index (χ1n) is 6.51. The molecule has 0 spiro atoms. The summed E-state index contributed by atoms with van der Waals surface area (Å²) in [4.78, 5) is 7.06. The lowest BCUT2D eigenvalue weighted by Gasteiger charge is -2.08. The van der Waals surface area contributed by atoms with Crippen molar-refractivity contribution in [2.75, 3.05) is 6.54 Å². The number of fused-ring (bicyclic) bond motifs is 1. The molecule has 1 aliphatic carbocycles. The monoisotopic (exact) mass is 263 g/mol. The predicted molar refractivity (Wildman–Crippen MR) is 71.6 cm³/mol. The van der Waals surface area contributed by atoms with Crippen LogP contribution in [0.5, 0.6) is 0 Å².